The minimum absolute atomic E-state index is 0.131. The molecule has 5 heteroatoms. The molecule has 2 aromatic rings. The highest BCUT2D eigenvalue weighted by Crippen LogP contribution is 2.31. The third kappa shape index (κ3) is 4.53. The van der Waals surface area contributed by atoms with Crippen LogP contribution in [-0.4, -0.2) is 32.5 Å². The van der Waals surface area contributed by atoms with Crippen molar-refractivity contribution in [2.45, 2.75) is 33.1 Å². The number of hydrogen-bond donors (Lipinski definition) is 1. The number of amides is 2. The molecule has 2 amide bonds. The van der Waals surface area contributed by atoms with Crippen LogP contribution in [0, 0.1) is 5.92 Å². The summed E-state index contributed by atoms with van der Waals surface area (Å²) in [5.74, 6) is 0.607. The molecule has 1 heterocycles. The molecule has 0 radical (unpaired) electrons. The molecule has 0 saturated carbocycles. The molecule has 0 unspecified atom stereocenters. The van der Waals surface area contributed by atoms with E-state index in [1.165, 1.54) is 0 Å². The average Bonchev–Trinajstić information content (AvgIpc) is 2.67. The average molecular weight is 380 g/mol. The lowest BCUT2D eigenvalue weighted by Crippen LogP contribution is -2.36. The summed E-state index contributed by atoms with van der Waals surface area (Å²) in [7, 11) is 3.94. The molecule has 0 atom stereocenters. The van der Waals surface area contributed by atoms with Gasteiger partial charge in [-0.1, -0.05) is 13.8 Å². The number of rotatable bonds is 6. The molecule has 148 valence electrons. The first kappa shape index (κ1) is 19.9. The van der Waals surface area contributed by atoms with E-state index in [9.17, 15) is 9.59 Å². The molecule has 1 N–H and O–H groups in total. The maximum absolute atomic E-state index is 12.6. The van der Waals surface area contributed by atoms with Gasteiger partial charge in [0, 0.05) is 49.7 Å². The Balaban J connectivity index is 1.74. The maximum atomic E-state index is 12.6. The summed E-state index contributed by atoms with van der Waals surface area (Å²) < 4.78 is 0. The highest BCUT2D eigenvalue weighted by molar-refractivity contribution is 6.05. The second-order valence-corrected chi connectivity index (χ2v) is 7.97. The number of hydrogen-bond acceptors (Lipinski definition) is 3. The largest absolute Gasteiger partial charge is 0.378 e. The Morgan fingerprint density at radius 2 is 1.82 bits per heavy atom. The predicted molar refractivity (Wildman–Crippen MR) is 115 cm³/mol. The van der Waals surface area contributed by atoms with Gasteiger partial charge < -0.3 is 15.1 Å². The molecule has 0 aliphatic carbocycles. The quantitative estimate of drug-likeness (QED) is 0.813. The summed E-state index contributed by atoms with van der Waals surface area (Å²) in [5.41, 5.74) is 4.53. The third-order valence-electron chi connectivity index (χ3n) is 5.11. The molecule has 1 aliphatic heterocycles. The molecule has 0 aromatic heterocycles. The van der Waals surface area contributed by atoms with E-state index in [2.05, 4.69) is 19.2 Å². The minimum Gasteiger partial charge on any atom is -0.378 e. The zero-order chi connectivity index (χ0) is 20.3. The van der Waals surface area contributed by atoms with Crippen molar-refractivity contribution in [3.63, 3.8) is 0 Å². The Morgan fingerprint density at radius 3 is 2.46 bits per heavy atom. The smallest absolute Gasteiger partial charge is 0.255 e. The van der Waals surface area contributed by atoms with Gasteiger partial charge in [0.25, 0.3) is 5.91 Å². The van der Waals surface area contributed by atoms with E-state index in [1.54, 1.807) is 0 Å². The summed E-state index contributed by atoms with van der Waals surface area (Å²) >= 11 is 0. The van der Waals surface area contributed by atoms with Crippen molar-refractivity contribution < 1.29 is 9.59 Å². The normalized spacial score (nSPS) is 13.5. The standard InChI is InChI=1S/C23H29N3O2/c1-16(2)13-14-26-21-11-8-19(15-18(21)7-12-22(26)27)24-23(28)17-5-9-20(10-6-17)25(3)4/h5-6,8-11,15-16H,7,12-14H2,1-4H3,(H,24,28). The molecule has 3 rings (SSSR count). The summed E-state index contributed by atoms with van der Waals surface area (Å²) in [5, 5.41) is 2.98. The van der Waals surface area contributed by atoms with Crippen LogP contribution in [0.5, 0.6) is 0 Å². The second kappa shape index (κ2) is 8.46. The van der Waals surface area contributed by atoms with Crippen LogP contribution in [0.15, 0.2) is 42.5 Å². The lowest BCUT2D eigenvalue weighted by Gasteiger charge is -2.30. The van der Waals surface area contributed by atoms with Gasteiger partial charge in [0.1, 0.15) is 0 Å². The number of carbonyl (C=O) groups excluding carboxylic acids is 2. The van der Waals surface area contributed by atoms with Crippen molar-refractivity contribution in [2.75, 3.05) is 35.8 Å². The lowest BCUT2D eigenvalue weighted by atomic mass is 9.99. The van der Waals surface area contributed by atoms with Gasteiger partial charge in [-0.3, -0.25) is 9.59 Å². The summed E-state index contributed by atoms with van der Waals surface area (Å²) in [4.78, 5) is 28.8. The van der Waals surface area contributed by atoms with Gasteiger partial charge >= 0.3 is 0 Å². The summed E-state index contributed by atoms with van der Waals surface area (Å²) in [6.07, 6.45) is 2.22. The van der Waals surface area contributed by atoms with Crippen LogP contribution in [0.4, 0.5) is 17.1 Å². The first-order valence-electron chi connectivity index (χ1n) is 9.87. The minimum atomic E-state index is -0.131. The van der Waals surface area contributed by atoms with Gasteiger partial charge in [-0.2, -0.15) is 0 Å². The Bertz CT molecular complexity index is 857. The molecular weight excluding hydrogens is 350 g/mol. The van der Waals surface area contributed by atoms with Crippen LogP contribution in [-0.2, 0) is 11.2 Å². The van der Waals surface area contributed by atoms with Crippen molar-refractivity contribution in [2.24, 2.45) is 5.92 Å². The number of anilines is 3. The van der Waals surface area contributed by atoms with E-state index >= 15 is 0 Å². The fourth-order valence-corrected chi connectivity index (χ4v) is 3.38. The Labute approximate surface area is 167 Å². The highest BCUT2D eigenvalue weighted by Gasteiger charge is 2.24. The van der Waals surface area contributed by atoms with Gasteiger partial charge in [0.2, 0.25) is 5.91 Å². The van der Waals surface area contributed by atoms with Gasteiger partial charge in [-0.25, -0.2) is 0 Å². The first-order valence-corrected chi connectivity index (χ1v) is 9.87. The molecule has 5 nitrogen and oxygen atoms in total. The van der Waals surface area contributed by atoms with Crippen LogP contribution in [0.1, 0.15) is 42.6 Å². The fraction of sp³-hybridized carbons (Fsp3) is 0.391. The molecule has 28 heavy (non-hydrogen) atoms. The highest BCUT2D eigenvalue weighted by atomic mass is 16.2. The molecule has 0 bridgehead atoms. The molecular formula is C23H29N3O2. The van der Waals surface area contributed by atoms with Crippen LogP contribution in [0.3, 0.4) is 0 Å². The van der Waals surface area contributed by atoms with Crippen LogP contribution in [0.2, 0.25) is 0 Å². The van der Waals surface area contributed by atoms with Crippen molar-refractivity contribution in [1.29, 1.82) is 0 Å². The van der Waals surface area contributed by atoms with Crippen molar-refractivity contribution in [3.05, 3.63) is 53.6 Å². The fourth-order valence-electron chi connectivity index (χ4n) is 3.38. The van der Waals surface area contributed by atoms with Crippen molar-refractivity contribution >= 4 is 28.9 Å². The molecule has 0 saturated heterocycles. The summed E-state index contributed by atoms with van der Waals surface area (Å²) in [6, 6.07) is 13.4. The number of aryl methyl sites for hydroxylation is 1. The van der Waals surface area contributed by atoms with Crippen molar-refractivity contribution in [3.8, 4) is 0 Å². The van der Waals surface area contributed by atoms with Gasteiger partial charge in [0.05, 0.1) is 0 Å². The van der Waals surface area contributed by atoms with Crippen LogP contribution < -0.4 is 15.1 Å². The SMILES string of the molecule is CC(C)CCN1C(=O)CCc2cc(NC(=O)c3ccc(N(C)C)cc3)ccc21. The number of benzene rings is 2. The van der Waals surface area contributed by atoms with E-state index in [0.29, 0.717) is 24.3 Å². The van der Waals surface area contributed by atoms with Gasteiger partial charge in [0.15, 0.2) is 0 Å². The van der Waals surface area contributed by atoms with E-state index in [1.807, 2.05) is 66.4 Å². The number of fused-ring (bicyclic) bond motifs is 1. The van der Waals surface area contributed by atoms with Gasteiger partial charge in [-0.15, -0.1) is 0 Å². The van der Waals surface area contributed by atoms with Crippen LogP contribution >= 0.6 is 0 Å². The van der Waals surface area contributed by atoms with Crippen LogP contribution in [0.25, 0.3) is 0 Å². The Morgan fingerprint density at radius 1 is 1.11 bits per heavy atom. The molecule has 0 spiro atoms. The topological polar surface area (TPSA) is 52.7 Å². The zero-order valence-corrected chi connectivity index (χ0v) is 17.2. The Hall–Kier alpha value is -2.82. The van der Waals surface area contributed by atoms with Gasteiger partial charge in [-0.05, 0) is 66.8 Å². The molecule has 0 fully saturated rings. The zero-order valence-electron chi connectivity index (χ0n) is 17.2. The molecule has 2 aromatic carbocycles. The van der Waals surface area contributed by atoms with E-state index in [-0.39, 0.29) is 11.8 Å². The van der Waals surface area contributed by atoms with E-state index in [0.717, 1.165) is 35.6 Å². The number of nitrogens with one attached hydrogen (secondary N) is 1. The maximum Gasteiger partial charge on any atom is 0.255 e. The first-order chi connectivity index (χ1) is 13.3. The second-order valence-electron chi connectivity index (χ2n) is 7.97. The predicted octanol–water partition coefficient (Wildman–Crippen LogP) is 4.33. The summed E-state index contributed by atoms with van der Waals surface area (Å²) in [6.45, 7) is 5.07. The monoisotopic (exact) mass is 379 g/mol. The number of nitrogens with zero attached hydrogens (tertiary/aromatic N) is 2. The van der Waals surface area contributed by atoms with E-state index in [4.69, 9.17) is 0 Å². The number of carbonyl (C=O) groups is 2. The lowest BCUT2D eigenvalue weighted by molar-refractivity contribution is -0.118. The molecule has 1 aliphatic rings. The van der Waals surface area contributed by atoms with E-state index < -0.39 is 0 Å². The Kier molecular flexibility index (Phi) is 6.02. The van der Waals surface area contributed by atoms with Crippen molar-refractivity contribution in [1.82, 2.24) is 0 Å². The third-order valence-corrected chi connectivity index (χ3v) is 5.11.